The molecule has 17 heavy (non-hydrogen) atoms. The minimum absolute atomic E-state index is 0.0843. The second-order valence-corrected chi connectivity index (χ2v) is 4.07. The number of nitrogens with zero attached hydrogens (tertiary/aromatic N) is 1. The number of aromatic nitrogens is 1. The molecule has 0 saturated heterocycles. The molecule has 1 aromatic heterocycles. The summed E-state index contributed by atoms with van der Waals surface area (Å²) in [4.78, 5) is 11.9. The maximum atomic E-state index is 11.9. The highest BCUT2D eigenvalue weighted by Gasteiger charge is 2.17. The van der Waals surface area contributed by atoms with Crippen LogP contribution < -0.4 is 5.32 Å². The Balaban J connectivity index is 2.32. The van der Waals surface area contributed by atoms with Crippen LogP contribution in [0, 0.1) is 0 Å². The van der Waals surface area contributed by atoms with E-state index in [0.717, 1.165) is 5.56 Å². The monoisotopic (exact) mass is 230 g/mol. The summed E-state index contributed by atoms with van der Waals surface area (Å²) in [6.45, 7) is 3.82. The molecule has 2 rings (SSSR count). The fourth-order valence-electron chi connectivity index (χ4n) is 1.54. The Bertz CT molecular complexity index is 503. The van der Waals surface area contributed by atoms with Gasteiger partial charge in [0.05, 0.1) is 0 Å². The maximum absolute atomic E-state index is 11.9. The fraction of sp³-hybridized carbons (Fsp3) is 0.231. The van der Waals surface area contributed by atoms with Crippen LogP contribution in [-0.4, -0.2) is 17.1 Å². The van der Waals surface area contributed by atoms with E-state index in [0.29, 0.717) is 11.3 Å². The molecule has 1 N–H and O–H groups in total. The summed E-state index contributed by atoms with van der Waals surface area (Å²) in [5.41, 5.74) is 1.91. The predicted molar refractivity (Wildman–Crippen MR) is 64.5 cm³/mol. The number of rotatable bonds is 3. The molecule has 0 fully saturated rings. The van der Waals surface area contributed by atoms with Gasteiger partial charge in [0, 0.05) is 11.6 Å². The van der Waals surface area contributed by atoms with Crippen molar-refractivity contribution in [2.45, 2.75) is 19.9 Å². The number of nitrogens with one attached hydrogen (secondary N) is 1. The molecule has 0 saturated carbocycles. The number of carbonyl (C=O) groups excluding carboxylic acids is 1. The van der Waals surface area contributed by atoms with Crippen LogP contribution in [0.15, 0.2) is 41.1 Å². The maximum Gasteiger partial charge on any atom is 0.257 e. The van der Waals surface area contributed by atoms with Gasteiger partial charge in [-0.2, -0.15) is 0 Å². The lowest BCUT2D eigenvalue weighted by Gasteiger charge is -2.07. The molecule has 2 aromatic rings. The molecule has 1 aromatic carbocycles. The Morgan fingerprint density at radius 3 is 2.65 bits per heavy atom. The first-order valence-electron chi connectivity index (χ1n) is 5.49. The van der Waals surface area contributed by atoms with Gasteiger partial charge in [-0.1, -0.05) is 35.5 Å². The van der Waals surface area contributed by atoms with Gasteiger partial charge in [-0.3, -0.25) is 4.79 Å². The Labute approximate surface area is 99.6 Å². The standard InChI is InChI=1S/C13H14N2O2/c1-9(2)14-13(16)11-8-17-15-12(11)10-6-4-3-5-7-10/h3-9H,1-2H3,(H,14,16). The van der Waals surface area contributed by atoms with Gasteiger partial charge < -0.3 is 9.84 Å². The zero-order chi connectivity index (χ0) is 12.3. The molecule has 0 radical (unpaired) electrons. The van der Waals surface area contributed by atoms with Crippen molar-refractivity contribution >= 4 is 5.91 Å². The molecule has 1 amide bonds. The van der Waals surface area contributed by atoms with Gasteiger partial charge in [-0.15, -0.1) is 0 Å². The zero-order valence-electron chi connectivity index (χ0n) is 9.81. The normalized spacial score (nSPS) is 10.5. The molecule has 0 aliphatic heterocycles. The number of carbonyl (C=O) groups is 1. The molecule has 0 spiro atoms. The van der Waals surface area contributed by atoms with Crippen LogP contribution in [-0.2, 0) is 0 Å². The minimum Gasteiger partial charge on any atom is -0.363 e. The molecule has 0 aliphatic rings. The Morgan fingerprint density at radius 2 is 2.00 bits per heavy atom. The van der Waals surface area contributed by atoms with Crippen LogP contribution in [0.3, 0.4) is 0 Å². The van der Waals surface area contributed by atoms with Crippen LogP contribution in [0.5, 0.6) is 0 Å². The highest BCUT2D eigenvalue weighted by Crippen LogP contribution is 2.21. The number of hydrogen-bond acceptors (Lipinski definition) is 3. The van der Waals surface area contributed by atoms with E-state index in [9.17, 15) is 4.79 Å². The Kier molecular flexibility index (Phi) is 3.23. The molecule has 1 heterocycles. The highest BCUT2D eigenvalue weighted by atomic mass is 16.5. The molecule has 0 aliphatic carbocycles. The largest absolute Gasteiger partial charge is 0.363 e. The summed E-state index contributed by atoms with van der Waals surface area (Å²) in [5.74, 6) is -0.167. The van der Waals surface area contributed by atoms with Crippen molar-refractivity contribution in [3.05, 3.63) is 42.2 Å². The molecular weight excluding hydrogens is 216 g/mol. The van der Waals surface area contributed by atoms with E-state index in [-0.39, 0.29) is 11.9 Å². The van der Waals surface area contributed by atoms with E-state index in [2.05, 4.69) is 10.5 Å². The topological polar surface area (TPSA) is 55.1 Å². The first-order valence-corrected chi connectivity index (χ1v) is 5.49. The van der Waals surface area contributed by atoms with E-state index < -0.39 is 0 Å². The summed E-state index contributed by atoms with van der Waals surface area (Å²) >= 11 is 0. The van der Waals surface area contributed by atoms with Crippen LogP contribution >= 0.6 is 0 Å². The SMILES string of the molecule is CC(C)NC(=O)c1conc1-c1ccccc1. The second-order valence-electron chi connectivity index (χ2n) is 4.07. The first-order chi connectivity index (χ1) is 8.18. The van der Waals surface area contributed by atoms with Gasteiger partial charge in [0.1, 0.15) is 17.5 Å². The first kappa shape index (κ1) is 11.4. The van der Waals surface area contributed by atoms with Crippen molar-refractivity contribution in [3.8, 4) is 11.3 Å². The summed E-state index contributed by atoms with van der Waals surface area (Å²) in [6.07, 6.45) is 1.38. The van der Waals surface area contributed by atoms with E-state index >= 15 is 0 Å². The van der Waals surface area contributed by atoms with Gasteiger partial charge in [0.2, 0.25) is 0 Å². The van der Waals surface area contributed by atoms with Crippen molar-refractivity contribution in [3.63, 3.8) is 0 Å². The molecule has 88 valence electrons. The molecular formula is C13H14N2O2. The van der Waals surface area contributed by atoms with Crippen LogP contribution in [0.2, 0.25) is 0 Å². The Hall–Kier alpha value is -2.10. The van der Waals surface area contributed by atoms with Crippen molar-refractivity contribution in [2.24, 2.45) is 0 Å². The van der Waals surface area contributed by atoms with Crippen molar-refractivity contribution in [1.29, 1.82) is 0 Å². The van der Waals surface area contributed by atoms with E-state index in [1.807, 2.05) is 44.2 Å². The minimum atomic E-state index is -0.167. The van der Waals surface area contributed by atoms with E-state index in [4.69, 9.17) is 4.52 Å². The van der Waals surface area contributed by atoms with Crippen LogP contribution in [0.4, 0.5) is 0 Å². The van der Waals surface area contributed by atoms with Crippen LogP contribution in [0.1, 0.15) is 24.2 Å². The summed E-state index contributed by atoms with van der Waals surface area (Å²) in [7, 11) is 0. The summed E-state index contributed by atoms with van der Waals surface area (Å²) in [5, 5.41) is 6.70. The molecule has 0 unspecified atom stereocenters. The van der Waals surface area contributed by atoms with Gasteiger partial charge >= 0.3 is 0 Å². The molecule has 0 atom stereocenters. The number of benzene rings is 1. The number of amides is 1. The van der Waals surface area contributed by atoms with Crippen LogP contribution in [0.25, 0.3) is 11.3 Å². The fourth-order valence-corrected chi connectivity index (χ4v) is 1.54. The Morgan fingerprint density at radius 1 is 1.29 bits per heavy atom. The summed E-state index contributed by atoms with van der Waals surface area (Å²) in [6, 6.07) is 9.58. The predicted octanol–water partition coefficient (Wildman–Crippen LogP) is 2.48. The lowest BCUT2D eigenvalue weighted by Crippen LogP contribution is -2.30. The third-order valence-electron chi connectivity index (χ3n) is 2.28. The lowest BCUT2D eigenvalue weighted by atomic mass is 10.1. The van der Waals surface area contributed by atoms with Gasteiger partial charge in [-0.05, 0) is 13.8 Å². The molecule has 4 heteroatoms. The summed E-state index contributed by atoms with van der Waals surface area (Å²) < 4.78 is 4.89. The lowest BCUT2D eigenvalue weighted by molar-refractivity contribution is 0.0943. The van der Waals surface area contributed by atoms with Crippen molar-refractivity contribution in [1.82, 2.24) is 10.5 Å². The van der Waals surface area contributed by atoms with E-state index in [1.165, 1.54) is 6.26 Å². The molecule has 0 bridgehead atoms. The average molecular weight is 230 g/mol. The smallest absolute Gasteiger partial charge is 0.257 e. The van der Waals surface area contributed by atoms with Gasteiger partial charge in [-0.25, -0.2) is 0 Å². The molecule has 4 nitrogen and oxygen atoms in total. The average Bonchev–Trinajstić information content (AvgIpc) is 2.78. The third kappa shape index (κ3) is 2.53. The quantitative estimate of drug-likeness (QED) is 0.881. The third-order valence-corrected chi connectivity index (χ3v) is 2.28. The van der Waals surface area contributed by atoms with Crippen molar-refractivity contribution in [2.75, 3.05) is 0 Å². The van der Waals surface area contributed by atoms with Crippen molar-refractivity contribution < 1.29 is 9.32 Å². The van der Waals surface area contributed by atoms with E-state index in [1.54, 1.807) is 0 Å². The highest BCUT2D eigenvalue weighted by molar-refractivity contribution is 5.99. The zero-order valence-corrected chi connectivity index (χ0v) is 9.81. The second kappa shape index (κ2) is 4.82. The van der Waals surface area contributed by atoms with Gasteiger partial charge in [0.25, 0.3) is 5.91 Å². The van der Waals surface area contributed by atoms with Gasteiger partial charge in [0.15, 0.2) is 0 Å². The number of hydrogen-bond donors (Lipinski definition) is 1.